The molecule has 7 heteroatoms. The topological polar surface area (TPSA) is 66.1 Å². The number of rotatable bonds is 7. The second kappa shape index (κ2) is 9.60. The highest BCUT2D eigenvalue weighted by Crippen LogP contribution is 2.25. The number of nitrogens with zero attached hydrogens (tertiary/aromatic N) is 3. The standard InChI is InChI=1S/C27H27N3O3S/c1-18-15-23(19(2)29(18)16-21-11-8-14-33-21)25(31)17-34-27-28-24-13-7-6-12-22(24)26(32)30(27)20-9-4-3-5-10-20/h3-7,9-10,12-13,15,21H,8,11,14,16-17H2,1-2H3/t21-/m1/s1. The molecule has 0 N–H and O–H groups in total. The number of para-hydroxylation sites is 2. The van der Waals surface area contributed by atoms with Gasteiger partial charge in [0.25, 0.3) is 5.56 Å². The molecule has 174 valence electrons. The van der Waals surface area contributed by atoms with E-state index in [0.717, 1.165) is 48.6 Å². The molecule has 2 aromatic heterocycles. The van der Waals surface area contributed by atoms with Gasteiger partial charge in [-0.15, -0.1) is 0 Å². The van der Waals surface area contributed by atoms with Crippen molar-refractivity contribution in [3.63, 3.8) is 0 Å². The number of carbonyl (C=O) groups is 1. The number of aryl methyl sites for hydroxylation is 1. The average molecular weight is 474 g/mol. The number of carbonyl (C=O) groups excluding carboxylic acids is 1. The van der Waals surface area contributed by atoms with Crippen LogP contribution >= 0.6 is 11.8 Å². The van der Waals surface area contributed by atoms with Gasteiger partial charge < -0.3 is 9.30 Å². The number of hydrogen-bond donors (Lipinski definition) is 0. The minimum Gasteiger partial charge on any atom is -0.376 e. The Balaban J connectivity index is 1.44. The summed E-state index contributed by atoms with van der Waals surface area (Å²) >= 11 is 1.30. The lowest BCUT2D eigenvalue weighted by Gasteiger charge is -2.15. The SMILES string of the molecule is Cc1cc(C(=O)CSc2nc3ccccc3c(=O)n2-c2ccccc2)c(C)n1C[C@H]1CCCO1. The molecule has 0 amide bonds. The van der Waals surface area contributed by atoms with Crippen molar-refractivity contribution in [1.82, 2.24) is 14.1 Å². The molecule has 1 saturated heterocycles. The first kappa shape index (κ1) is 22.6. The Morgan fingerprint density at radius 3 is 2.65 bits per heavy atom. The van der Waals surface area contributed by atoms with Gasteiger partial charge in [0.1, 0.15) is 0 Å². The maximum atomic E-state index is 13.3. The summed E-state index contributed by atoms with van der Waals surface area (Å²) in [6.07, 6.45) is 2.36. The van der Waals surface area contributed by atoms with E-state index in [0.29, 0.717) is 16.1 Å². The molecule has 0 spiro atoms. The monoisotopic (exact) mass is 473 g/mol. The van der Waals surface area contributed by atoms with Crippen LogP contribution in [0.3, 0.4) is 0 Å². The van der Waals surface area contributed by atoms with E-state index >= 15 is 0 Å². The number of benzene rings is 2. The van der Waals surface area contributed by atoms with E-state index in [1.165, 1.54) is 11.8 Å². The largest absolute Gasteiger partial charge is 0.376 e. The highest BCUT2D eigenvalue weighted by molar-refractivity contribution is 7.99. The lowest BCUT2D eigenvalue weighted by atomic mass is 10.2. The molecule has 1 aliphatic heterocycles. The molecule has 0 saturated carbocycles. The fourth-order valence-corrected chi connectivity index (χ4v) is 5.47. The quantitative estimate of drug-likeness (QED) is 0.216. The van der Waals surface area contributed by atoms with Crippen LogP contribution in [0, 0.1) is 13.8 Å². The summed E-state index contributed by atoms with van der Waals surface area (Å²) < 4.78 is 9.57. The van der Waals surface area contributed by atoms with Crippen LogP contribution in [-0.4, -0.2) is 38.4 Å². The molecule has 1 aliphatic rings. The molecule has 0 bridgehead atoms. The van der Waals surface area contributed by atoms with E-state index in [1.807, 2.05) is 68.4 Å². The van der Waals surface area contributed by atoms with E-state index in [4.69, 9.17) is 9.72 Å². The van der Waals surface area contributed by atoms with Crippen molar-refractivity contribution in [3.8, 4) is 5.69 Å². The van der Waals surface area contributed by atoms with E-state index in [2.05, 4.69) is 4.57 Å². The van der Waals surface area contributed by atoms with Crippen molar-refractivity contribution in [2.75, 3.05) is 12.4 Å². The van der Waals surface area contributed by atoms with Crippen molar-refractivity contribution in [2.24, 2.45) is 0 Å². The number of hydrogen-bond acceptors (Lipinski definition) is 5. The first-order valence-electron chi connectivity index (χ1n) is 11.5. The summed E-state index contributed by atoms with van der Waals surface area (Å²) in [5, 5.41) is 1.07. The van der Waals surface area contributed by atoms with Gasteiger partial charge in [0.2, 0.25) is 0 Å². The van der Waals surface area contributed by atoms with Crippen LogP contribution in [0.2, 0.25) is 0 Å². The van der Waals surface area contributed by atoms with Crippen LogP contribution in [-0.2, 0) is 11.3 Å². The van der Waals surface area contributed by atoms with Gasteiger partial charge in [-0.25, -0.2) is 4.98 Å². The summed E-state index contributed by atoms with van der Waals surface area (Å²) in [6, 6.07) is 18.7. The van der Waals surface area contributed by atoms with Crippen molar-refractivity contribution in [3.05, 3.63) is 88.0 Å². The van der Waals surface area contributed by atoms with E-state index in [1.54, 1.807) is 10.6 Å². The number of thioether (sulfide) groups is 1. The average Bonchev–Trinajstić information content (AvgIpc) is 3.47. The zero-order valence-corrected chi connectivity index (χ0v) is 20.2. The Labute approximate surface area is 202 Å². The zero-order chi connectivity index (χ0) is 23.7. The molecule has 0 radical (unpaired) electrons. The minimum atomic E-state index is -0.138. The van der Waals surface area contributed by atoms with Crippen molar-refractivity contribution in [2.45, 2.75) is 44.5 Å². The molecule has 1 atom stereocenters. The smallest absolute Gasteiger partial charge is 0.266 e. The minimum absolute atomic E-state index is 0.0266. The molecule has 0 unspecified atom stereocenters. The van der Waals surface area contributed by atoms with Crippen LogP contribution in [0.15, 0.2) is 70.6 Å². The van der Waals surface area contributed by atoms with E-state index in [9.17, 15) is 9.59 Å². The highest BCUT2D eigenvalue weighted by Gasteiger charge is 2.22. The Hall–Kier alpha value is -3.16. The molecular formula is C27H27N3O3S. The maximum Gasteiger partial charge on any atom is 0.266 e. The Bertz CT molecular complexity index is 1400. The molecule has 6 nitrogen and oxygen atoms in total. The van der Waals surface area contributed by atoms with Crippen LogP contribution in [0.25, 0.3) is 16.6 Å². The molecule has 5 rings (SSSR count). The molecule has 3 heterocycles. The summed E-state index contributed by atoms with van der Waals surface area (Å²) in [5.41, 5.74) is 3.97. The van der Waals surface area contributed by atoms with Gasteiger partial charge in [0.15, 0.2) is 10.9 Å². The molecular weight excluding hydrogens is 446 g/mol. The van der Waals surface area contributed by atoms with Gasteiger partial charge in [-0.05, 0) is 57.0 Å². The molecule has 2 aromatic carbocycles. The van der Waals surface area contributed by atoms with E-state index < -0.39 is 0 Å². The van der Waals surface area contributed by atoms with Gasteiger partial charge in [-0.1, -0.05) is 42.1 Å². The predicted octanol–water partition coefficient (Wildman–Crippen LogP) is 4.96. The van der Waals surface area contributed by atoms with Gasteiger partial charge in [0.05, 0.1) is 28.4 Å². The van der Waals surface area contributed by atoms with E-state index in [-0.39, 0.29) is 23.2 Å². The number of Topliss-reactive ketones (excluding diaryl/α,β-unsaturated/α-hetero) is 1. The van der Waals surface area contributed by atoms with Gasteiger partial charge in [-0.2, -0.15) is 0 Å². The summed E-state index contributed by atoms with van der Waals surface area (Å²) in [5.74, 6) is 0.223. The van der Waals surface area contributed by atoms with Crippen molar-refractivity contribution < 1.29 is 9.53 Å². The molecule has 0 aliphatic carbocycles. The number of aromatic nitrogens is 3. The van der Waals surface area contributed by atoms with Crippen molar-refractivity contribution in [1.29, 1.82) is 0 Å². The lowest BCUT2D eigenvalue weighted by molar-refractivity contribution is 0.0957. The molecule has 4 aromatic rings. The van der Waals surface area contributed by atoms with Gasteiger partial charge >= 0.3 is 0 Å². The second-order valence-electron chi connectivity index (χ2n) is 8.63. The first-order valence-corrected chi connectivity index (χ1v) is 12.5. The Kier molecular flexibility index (Phi) is 6.39. The van der Waals surface area contributed by atoms with Gasteiger partial charge in [-0.3, -0.25) is 14.2 Å². The first-order chi connectivity index (χ1) is 16.5. The third kappa shape index (κ3) is 4.33. The fraction of sp³-hybridized carbons (Fsp3) is 0.296. The summed E-state index contributed by atoms with van der Waals surface area (Å²) in [4.78, 5) is 31.3. The second-order valence-corrected chi connectivity index (χ2v) is 9.57. The number of ketones is 1. The molecule has 1 fully saturated rings. The fourth-order valence-electron chi connectivity index (χ4n) is 4.58. The van der Waals surface area contributed by atoms with Crippen LogP contribution in [0.4, 0.5) is 0 Å². The summed E-state index contributed by atoms with van der Waals surface area (Å²) in [7, 11) is 0. The predicted molar refractivity (Wildman–Crippen MR) is 135 cm³/mol. The maximum absolute atomic E-state index is 13.3. The van der Waals surface area contributed by atoms with Crippen LogP contribution in [0.5, 0.6) is 0 Å². The summed E-state index contributed by atoms with van der Waals surface area (Å²) in [6.45, 7) is 5.62. The van der Waals surface area contributed by atoms with Crippen LogP contribution < -0.4 is 5.56 Å². The number of ether oxygens (including phenoxy) is 1. The van der Waals surface area contributed by atoms with Crippen LogP contribution in [0.1, 0.15) is 34.6 Å². The third-order valence-electron chi connectivity index (χ3n) is 6.38. The Morgan fingerprint density at radius 2 is 1.88 bits per heavy atom. The van der Waals surface area contributed by atoms with Crippen molar-refractivity contribution >= 4 is 28.4 Å². The zero-order valence-electron chi connectivity index (χ0n) is 19.4. The Morgan fingerprint density at radius 1 is 1.12 bits per heavy atom. The number of fused-ring (bicyclic) bond motifs is 1. The van der Waals surface area contributed by atoms with Gasteiger partial charge in [0, 0.05) is 30.1 Å². The molecule has 34 heavy (non-hydrogen) atoms. The lowest BCUT2D eigenvalue weighted by Crippen LogP contribution is -2.22. The normalized spacial score (nSPS) is 15.8. The third-order valence-corrected chi connectivity index (χ3v) is 7.31. The highest BCUT2D eigenvalue weighted by atomic mass is 32.2.